The summed E-state index contributed by atoms with van der Waals surface area (Å²) in [5.41, 5.74) is 0. The molecule has 1 saturated heterocycles. The minimum Gasteiger partial charge on any atom is -0.490 e. The van der Waals surface area contributed by atoms with E-state index in [9.17, 15) is 0 Å². The summed E-state index contributed by atoms with van der Waals surface area (Å²) in [6.07, 6.45) is 1.48. The van der Waals surface area contributed by atoms with E-state index in [0.717, 1.165) is 18.8 Å². The first-order valence-corrected chi connectivity index (χ1v) is 6.70. The maximum atomic E-state index is 6.17. The van der Waals surface area contributed by atoms with Crippen molar-refractivity contribution in [2.75, 3.05) is 13.1 Å². The Kier molecular flexibility index (Phi) is 3.20. The lowest BCUT2D eigenvalue weighted by Gasteiger charge is -2.21. The first-order valence-electron chi connectivity index (χ1n) is 6.70. The van der Waals surface area contributed by atoms with E-state index in [-0.39, 0.29) is 7.53 Å². The third kappa shape index (κ3) is 2.21. The SMILES string of the molecule is CC(Oc1cccc2ccccc12)C1CCNC1.[HH]. The van der Waals surface area contributed by atoms with E-state index < -0.39 is 0 Å². The summed E-state index contributed by atoms with van der Waals surface area (Å²) in [6.45, 7) is 4.37. The lowest BCUT2D eigenvalue weighted by atomic mass is 10.0. The molecule has 0 spiro atoms. The zero-order valence-electron chi connectivity index (χ0n) is 10.7. The molecule has 2 atom stereocenters. The van der Waals surface area contributed by atoms with Gasteiger partial charge in [0.05, 0.1) is 6.10 Å². The van der Waals surface area contributed by atoms with E-state index in [1.54, 1.807) is 0 Å². The number of hydrogen-bond acceptors (Lipinski definition) is 2. The zero-order valence-corrected chi connectivity index (χ0v) is 10.7. The van der Waals surface area contributed by atoms with Crippen LogP contribution < -0.4 is 10.1 Å². The van der Waals surface area contributed by atoms with Gasteiger partial charge in [0.25, 0.3) is 0 Å². The number of ether oxygens (including phenoxy) is 1. The van der Waals surface area contributed by atoms with Crippen LogP contribution in [0.3, 0.4) is 0 Å². The van der Waals surface area contributed by atoms with Gasteiger partial charge in [-0.2, -0.15) is 0 Å². The second-order valence-electron chi connectivity index (χ2n) is 5.05. The monoisotopic (exact) mass is 243 g/mol. The molecule has 1 aliphatic rings. The van der Waals surface area contributed by atoms with Crippen LogP contribution in [-0.4, -0.2) is 19.2 Å². The highest BCUT2D eigenvalue weighted by molar-refractivity contribution is 5.88. The molecular weight excluding hydrogens is 222 g/mol. The predicted octanol–water partition coefficient (Wildman–Crippen LogP) is 3.46. The second-order valence-corrected chi connectivity index (χ2v) is 5.05. The molecule has 1 aliphatic heterocycles. The Bertz CT molecular complexity index is 532. The Hall–Kier alpha value is -1.54. The molecule has 1 heterocycles. The summed E-state index contributed by atoms with van der Waals surface area (Å²) in [7, 11) is 0. The predicted molar refractivity (Wildman–Crippen MR) is 77.1 cm³/mol. The molecule has 0 saturated carbocycles. The normalized spacial score (nSPS) is 21.1. The number of rotatable bonds is 3. The van der Waals surface area contributed by atoms with Crippen LogP contribution in [0.5, 0.6) is 5.75 Å². The van der Waals surface area contributed by atoms with E-state index in [0.29, 0.717) is 5.92 Å². The molecule has 2 aromatic carbocycles. The van der Waals surface area contributed by atoms with E-state index >= 15 is 0 Å². The standard InChI is InChI=1S/C16H19NO.H2/c1-12(14-9-10-17-11-14)18-16-8-4-6-13-5-2-3-7-15(13)16;/h2-8,12,14,17H,9-11H2,1H3;1H. The Morgan fingerprint density at radius 3 is 2.89 bits per heavy atom. The van der Waals surface area contributed by atoms with Gasteiger partial charge in [-0.1, -0.05) is 36.4 Å². The summed E-state index contributed by atoms with van der Waals surface area (Å²) in [5, 5.41) is 5.84. The minimum atomic E-state index is 0. The van der Waals surface area contributed by atoms with Crippen LogP contribution in [-0.2, 0) is 0 Å². The first-order chi connectivity index (χ1) is 8.84. The van der Waals surface area contributed by atoms with E-state index in [1.807, 2.05) is 0 Å². The summed E-state index contributed by atoms with van der Waals surface area (Å²) in [4.78, 5) is 0. The molecular formula is C16H21NO. The summed E-state index contributed by atoms with van der Waals surface area (Å²) in [6, 6.07) is 14.7. The van der Waals surface area contributed by atoms with Crippen molar-refractivity contribution in [2.24, 2.45) is 5.92 Å². The molecule has 2 unspecified atom stereocenters. The van der Waals surface area contributed by atoms with Gasteiger partial charge in [0.2, 0.25) is 0 Å². The highest BCUT2D eigenvalue weighted by Gasteiger charge is 2.22. The van der Waals surface area contributed by atoms with E-state index in [2.05, 4.69) is 54.7 Å². The zero-order chi connectivity index (χ0) is 12.4. The van der Waals surface area contributed by atoms with Crippen LogP contribution in [0.2, 0.25) is 0 Å². The number of fused-ring (bicyclic) bond motifs is 1. The van der Waals surface area contributed by atoms with E-state index in [4.69, 9.17) is 4.74 Å². The Balaban J connectivity index is 0.00000133. The molecule has 3 rings (SSSR count). The first kappa shape index (κ1) is 11.5. The van der Waals surface area contributed by atoms with Crippen LogP contribution in [0.4, 0.5) is 0 Å². The van der Waals surface area contributed by atoms with Gasteiger partial charge in [0, 0.05) is 19.3 Å². The van der Waals surface area contributed by atoms with Crippen LogP contribution in [0.1, 0.15) is 14.8 Å². The topological polar surface area (TPSA) is 21.3 Å². The maximum absolute atomic E-state index is 6.17. The largest absolute Gasteiger partial charge is 0.490 e. The van der Waals surface area contributed by atoms with Crippen LogP contribution >= 0.6 is 0 Å². The summed E-state index contributed by atoms with van der Waals surface area (Å²) < 4.78 is 6.17. The highest BCUT2D eigenvalue weighted by Crippen LogP contribution is 2.28. The van der Waals surface area contributed by atoms with Crippen molar-refractivity contribution in [1.29, 1.82) is 0 Å². The molecule has 0 amide bonds. The van der Waals surface area contributed by atoms with Crippen LogP contribution in [0, 0.1) is 5.92 Å². The summed E-state index contributed by atoms with van der Waals surface area (Å²) in [5.74, 6) is 1.64. The van der Waals surface area contributed by atoms with Crippen molar-refractivity contribution < 1.29 is 6.16 Å². The molecule has 0 aromatic heterocycles. The number of nitrogens with one attached hydrogen (secondary N) is 1. The lowest BCUT2D eigenvalue weighted by Crippen LogP contribution is -2.25. The van der Waals surface area contributed by atoms with Crippen molar-refractivity contribution in [3.05, 3.63) is 42.5 Å². The van der Waals surface area contributed by atoms with Crippen molar-refractivity contribution >= 4 is 10.8 Å². The quantitative estimate of drug-likeness (QED) is 0.891. The van der Waals surface area contributed by atoms with Gasteiger partial charge in [-0.25, -0.2) is 0 Å². The number of hydrogen-bond donors (Lipinski definition) is 1. The Morgan fingerprint density at radius 1 is 1.22 bits per heavy atom. The fraction of sp³-hybridized carbons (Fsp3) is 0.375. The Morgan fingerprint density at radius 2 is 2.06 bits per heavy atom. The maximum Gasteiger partial charge on any atom is 0.127 e. The molecule has 1 N–H and O–H groups in total. The van der Waals surface area contributed by atoms with Crippen molar-refractivity contribution in [3.63, 3.8) is 0 Å². The Labute approximate surface area is 109 Å². The van der Waals surface area contributed by atoms with E-state index in [1.165, 1.54) is 17.2 Å². The van der Waals surface area contributed by atoms with Crippen molar-refractivity contribution in [1.82, 2.24) is 5.32 Å². The van der Waals surface area contributed by atoms with Gasteiger partial charge in [-0.15, -0.1) is 0 Å². The fourth-order valence-corrected chi connectivity index (χ4v) is 2.67. The van der Waals surface area contributed by atoms with Crippen LogP contribution in [0.25, 0.3) is 10.8 Å². The van der Waals surface area contributed by atoms with Gasteiger partial charge in [-0.3, -0.25) is 0 Å². The minimum absolute atomic E-state index is 0. The van der Waals surface area contributed by atoms with Gasteiger partial charge in [-0.05, 0) is 31.3 Å². The molecule has 18 heavy (non-hydrogen) atoms. The van der Waals surface area contributed by atoms with Crippen molar-refractivity contribution in [2.45, 2.75) is 19.4 Å². The molecule has 0 aliphatic carbocycles. The van der Waals surface area contributed by atoms with Crippen LogP contribution in [0.15, 0.2) is 42.5 Å². The molecule has 2 heteroatoms. The second kappa shape index (κ2) is 4.99. The molecule has 1 fully saturated rings. The van der Waals surface area contributed by atoms with Gasteiger partial charge < -0.3 is 10.1 Å². The highest BCUT2D eigenvalue weighted by atomic mass is 16.5. The fourth-order valence-electron chi connectivity index (χ4n) is 2.67. The van der Waals surface area contributed by atoms with Gasteiger partial charge >= 0.3 is 0 Å². The molecule has 0 bridgehead atoms. The lowest BCUT2D eigenvalue weighted by molar-refractivity contribution is 0.163. The molecule has 2 nitrogen and oxygen atoms in total. The average molecular weight is 243 g/mol. The smallest absolute Gasteiger partial charge is 0.127 e. The number of benzene rings is 2. The molecule has 2 aromatic rings. The van der Waals surface area contributed by atoms with Gasteiger partial charge in [0.15, 0.2) is 0 Å². The average Bonchev–Trinajstić information content (AvgIpc) is 2.93. The third-order valence-electron chi connectivity index (χ3n) is 3.82. The third-order valence-corrected chi connectivity index (χ3v) is 3.82. The summed E-state index contributed by atoms with van der Waals surface area (Å²) >= 11 is 0. The van der Waals surface area contributed by atoms with Crippen molar-refractivity contribution in [3.8, 4) is 5.75 Å². The molecule has 96 valence electrons. The molecule has 0 radical (unpaired) electrons. The van der Waals surface area contributed by atoms with Gasteiger partial charge in [0.1, 0.15) is 5.75 Å².